The summed E-state index contributed by atoms with van der Waals surface area (Å²) < 4.78 is 53.7. The number of aromatic nitrogens is 2. The molecular weight excluding hydrogens is 651 g/mol. The molecule has 1 amide bonds. The molecule has 3 aromatic carbocycles. The van der Waals surface area contributed by atoms with E-state index in [0.29, 0.717) is 41.4 Å². The molecular formula is C39H59F4N3O2S. The molecule has 49 heavy (non-hydrogen) atoms. The van der Waals surface area contributed by atoms with Gasteiger partial charge in [-0.2, -0.15) is 18.2 Å². The number of fused-ring (bicyclic) bond motifs is 1. The molecule has 0 aliphatic heterocycles. The first kappa shape index (κ1) is 51.9. The van der Waals surface area contributed by atoms with Crippen LogP contribution in [0, 0.1) is 5.82 Å². The Hall–Kier alpha value is -3.92. The number of thioether (sulfide) groups is 1. The van der Waals surface area contributed by atoms with Crippen LogP contribution in [-0.2, 0) is 42.7 Å². The molecule has 0 radical (unpaired) electrons. The molecule has 1 aliphatic carbocycles. The fraction of sp³-hybridized carbons (Fsp3) is 0.410. The van der Waals surface area contributed by atoms with E-state index in [1.54, 1.807) is 24.1 Å². The molecule has 1 aromatic heterocycles. The number of amides is 1. The average Bonchev–Trinajstić information content (AvgIpc) is 3.45. The van der Waals surface area contributed by atoms with Crippen molar-refractivity contribution in [2.24, 2.45) is 0 Å². The Morgan fingerprint density at radius 3 is 1.84 bits per heavy atom. The zero-order valence-electron chi connectivity index (χ0n) is 22.2. The smallest absolute Gasteiger partial charge is 0.340 e. The van der Waals surface area contributed by atoms with Gasteiger partial charge in [-0.25, -0.2) is 4.39 Å². The monoisotopic (exact) mass is 709 g/mol. The van der Waals surface area contributed by atoms with Gasteiger partial charge in [0.2, 0.25) is 5.91 Å². The summed E-state index contributed by atoms with van der Waals surface area (Å²) in [4.78, 5) is 31.9. The molecule has 0 atom stereocenters. The van der Waals surface area contributed by atoms with E-state index in [2.05, 4.69) is 4.98 Å². The lowest BCUT2D eigenvalue weighted by atomic mass is 10.0. The molecule has 0 saturated heterocycles. The SMILES string of the molecule is C.C.C.C.C.C.C.C.CN(Cc1ccc(-c2ccc(C(F)(F)F)cc2)cc1)C(=O)Cn1c(SCc2ccc(F)cc2)nc(=O)c2c1CCC2. The van der Waals surface area contributed by atoms with Crippen molar-refractivity contribution in [3.05, 3.63) is 117 Å². The third-order valence-electron chi connectivity index (χ3n) is 7.12. The van der Waals surface area contributed by atoms with Crippen molar-refractivity contribution in [3.63, 3.8) is 0 Å². The van der Waals surface area contributed by atoms with Crippen LogP contribution in [0.4, 0.5) is 17.6 Å². The molecule has 1 aliphatic rings. The van der Waals surface area contributed by atoms with Gasteiger partial charge in [-0.15, -0.1) is 0 Å². The number of carbonyl (C=O) groups is 1. The molecule has 4 aromatic rings. The van der Waals surface area contributed by atoms with Crippen LogP contribution >= 0.6 is 11.8 Å². The quantitative estimate of drug-likeness (QED) is 0.104. The van der Waals surface area contributed by atoms with E-state index < -0.39 is 11.7 Å². The molecule has 276 valence electrons. The lowest BCUT2D eigenvalue weighted by molar-refractivity contribution is -0.137. The molecule has 10 heteroatoms. The number of hydrogen-bond acceptors (Lipinski definition) is 4. The van der Waals surface area contributed by atoms with Crippen LogP contribution in [-0.4, -0.2) is 27.4 Å². The highest BCUT2D eigenvalue weighted by atomic mass is 32.2. The van der Waals surface area contributed by atoms with Gasteiger partial charge in [-0.3, -0.25) is 9.59 Å². The Bertz CT molecular complexity index is 1600. The minimum atomic E-state index is -4.38. The van der Waals surface area contributed by atoms with Gasteiger partial charge in [-0.1, -0.05) is 120 Å². The Kier molecular flexibility index (Phi) is 23.2. The van der Waals surface area contributed by atoms with E-state index >= 15 is 0 Å². The number of hydrogen-bond donors (Lipinski definition) is 0. The van der Waals surface area contributed by atoms with Gasteiger partial charge in [0.25, 0.3) is 5.56 Å². The Morgan fingerprint density at radius 1 is 0.796 bits per heavy atom. The second-order valence-corrected chi connectivity index (χ2v) is 10.9. The lowest BCUT2D eigenvalue weighted by Gasteiger charge is -2.21. The molecule has 0 fully saturated rings. The summed E-state index contributed by atoms with van der Waals surface area (Å²) in [6.07, 6.45) is -2.22. The van der Waals surface area contributed by atoms with Gasteiger partial charge in [0.15, 0.2) is 5.16 Å². The maximum absolute atomic E-state index is 13.3. The third kappa shape index (κ3) is 12.5. The molecule has 0 saturated carbocycles. The van der Waals surface area contributed by atoms with Crippen LogP contribution in [0.15, 0.2) is 82.7 Å². The van der Waals surface area contributed by atoms with Gasteiger partial charge < -0.3 is 9.47 Å². The molecule has 0 N–H and O–H groups in total. The predicted molar refractivity (Wildman–Crippen MR) is 204 cm³/mol. The van der Waals surface area contributed by atoms with Crippen LogP contribution in [0.3, 0.4) is 0 Å². The van der Waals surface area contributed by atoms with Gasteiger partial charge in [0.05, 0.1) is 5.56 Å². The van der Waals surface area contributed by atoms with Crippen molar-refractivity contribution in [1.82, 2.24) is 14.5 Å². The Balaban J connectivity index is -0.00000127. The van der Waals surface area contributed by atoms with E-state index in [1.165, 1.54) is 36.0 Å². The number of alkyl halides is 3. The summed E-state index contributed by atoms with van der Waals surface area (Å²) in [6.45, 7) is 0.363. The van der Waals surface area contributed by atoms with Crippen molar-refractivity contribution < 1.29 is 22.4 Å². The largest absolute Gasteiger partial charge is 0.416 e. The second-order valence-electron chi connectivity index (χ2n) is 10.0. The van der Waals surface area contributed by atoms with Crippen molar-refractivity contribution >= 4 is 17.7 Å². The fourth-order valence-corrected chi connectivity index (χ4v) is 5.83. The van der Waals surface area contributed by atoms with Crippen LogP contribution in [0.1, 0.15) is 93.8 Å². The predicted octanol–water partition coefficient (Wildman–Crippen LogP) is 11.6. The van der Waals surface area contributed by atoms with Gasteiger partial charge in [0.1, 0.15) is 12.4 Å². The van der Waals surface area contributed by atoms with E-state index in [-0.39, 0.29) is 83.2 Å². The number of nitrogens with zero attached hydrogens (tertiary/aromatic N) is 3. The van der Waals surface area contributed by atoms with E-state index in [4.69, 9.17) is 0 Å². The zero-order valence-corrected chi connectivity index (χ0v) is 23.1. The van der Waals surface area contributed by atoms with E-state index in [9.17, 15) is 27.2 Å². The Labute approximate surface area is 297 Å². The van der Waals surface area contributed by atoms with Crippen molar-refractivity contribution in [2.75, 3.05) is 7.05 Å². The molecule has 1 heterocycles. The van der Waals surface area contributed by atoms with Gasteiger partial charge >= 0.3 is 6.18 Å². The first-order valence-corrected chi connectivity index (χ1v) is 14.1. The molecule has 5 rings (SSSR count). The number of rotatable bonds is 8. The number of likely N-dealkylation sites (N-methyl/N-ethyl adjacent to an activating group) is 1. The van der Waals surface area contributed by atoms with Crippen molar-refractivity contribution in [1.29, 1.82) is 0 Å². The third-order valence-corrected chi connectivity index (χ3v) is 8.17. The van der Waals surface area contributed by atoms with Crippen LogP contribution in [0.5, 0.6) is 0 Å². The zero-order chi connectivity index (χ0) is 29.1. The minimum absolute atomic E-state index is 0. The molecule has 5 nitrogen and oxygen atoms in total. The van der Waals surface area contributed by atoms with Crippen LogP contribution in [0.2, 0.25) is 0 Å². The minimum Gasteiger partial charge on any atom is -0.340 e. The van der Waals surface area contributed by atoms with Gasteiger partial charge in [0, 0.05) is 30.6 Å². The summed E-state index contributed by atoms with van der Waals surface area (Å²) in [5, 5.41) is 0.461. The van der Waals surface area contributed by atoms with E-state index in [0.717, 1.165) is 40.9 Å². The standard InChI is InChI=1S/C31H27F4N3O2S.8CH4/c1-37(17-20-5-9-22(10-6-20)23-11-13-24(14-12-23)31(33,34)35)28(39)18-38-27-4-2-3-26(27)29(40)36-30(38)41-19-21-7-15-25(32)16-8-21;;;;;;;;/h5-16H,2-4,17-19H2,1H3;8*1H4. The van der Waals surface area contributed by atoms with E-state index in [1.807, 2.05) is 28.8 Å². The number of benzene rings is 3. The highest BCUT2D eigenvalue weighted by Crippen LogP contribution is 2.31. The normalized spacial score (nSPS) is 10.7. The van der Waals surface area contributed by atoms with Crippen molar-refractivity contribution in [2.45, 2.75) is 109 Å². The summed E-state index contributed by atoms with van der Waals surface area (Å²) >= 11 is 1.34. The number of carbonyl (C=O) groups excluding carboxylic acids is 1. The highest BCUT2D eigenvalue weighted by Gasteiger charge is 2.30. The lowest BCUT2D eigenvalue weighted by Crippen LogP contribution is -2.32. The highest BCUT2D eigenvalue weighted by molar-refractivity contribution is 7.98. The maximum atomic E-state index is 13.3. The fourth-order valence-electron chi connectivity index (χ4n) is 4.86. The molecule has 0 unspecified atom stereocenters. The first-order chi connectivity index (χ1) is 19.6. The van der Waals surface area contributed by atoms with Crippen LogP contribution < -0.4 is 5.56 Å². The molecule has 0 bridgehead atoms. The number of halogens is 4. The second kappa shape index (κ2) is 21.9. The van der Waals surface area contributed by atoms with Gasteiger partial charge in [-0.05, 0) is 65.8 Å². The molecule has 0 spiro atoms. The topological polar surface area (TPSA) is 55.2 Å². The first-order valence-electron chi connectivity index (χ1n) is 13.1. The summed E-state index contributed by atoms with van der Waals surface area (Å²) in [7, 11) is 1.70. The van der Waals surface area contributed by atoms with Crippen LogP contribution in [0.25, 0.3) is 11.1 Å². The summed E-state index contributed by atoms with van der Waals surface area (Å²) in [6, 6.07) is 18.5. The average molecular weight is 710 g/mol. The summed E-state index contributed by atoms with van der Waals surface area (Å²) in [5.41, 5.74) is 3.72. The van der Waals surface area contributed by atoms with Crippen molar-refractivity contribution in [3.8, 4) is 11.1 Å². The summed E-state index contributed by atoms with van der Waals surface area (Å²) in [5.74, 6) is -0.00458. The Morgan fingerprint density at radius 2 is 1.31 bits per heavy atom. The maximum Gasteiger partial charge on any atom is 0.416 e.